The standard InChI is InChI=1S/C13H19N/c1-5-9-12(7-3)13(10-6-2)11-14-8-4/h2,5,7,9-10,14H,8,11H2,1,3-4H3/b9-5-,12-7-,13-10-. The van der Waals surface area contributed by atoms with Gasteiger partial charge in [0.1, 0.15) is 0 Å². The van der Waals surface area contributed by atoms with Gasteiger partial charge >= 0.3 is 0 Å². The van der Waals surface area contributed by atoms with Gasteiger partial charge in [-0.05, 0) is 37.6 Å². The van der Waals surface area contributed by atoms with E-state index >= 15 is 0 Å². The summed E-state index contributed by atoms with van der Waals surface area (Å²) in [7, 11) is 0. The van der Waals surface area contributed by atoms with Gasteiger partial charge in [-0.25, -0.2) is 0 Å². The maximum Gasteiger partial charge on any atom is 0.0217 e. The second kappa shape index (κ2) is 8.34. The highest BCUT2D eigenvalue weighted by molar-refractivity contribution is 5.43. The summed E-state index contributed by atoms with van der Waals surface area (Å²) in [5, 5.41) is 3.27. The summed E-state index contributed by atoms with van der Waals surface area (Å²) in [6, 6.07) is 0. The summed E-state index contributed by atoms with van der Waals surface area (Å²) in [5.41, 5.74) is 2.35. The first-order chi connectivity index (χ1) is 6.79. The molecule has 0 unspecified atom stereocenters. The van der Waals surface area contributed by atoms with Crippen molar-refractivity contribution in [3.8, 4) is 12.3 Å². The average molecular weight is 189 g/mol. The van der Waals surface area contributed by atoms with Gasteiger partial charge in [0.25, 0.3) is 0 Å². The van der Waals surface area contributed by atoms with Gasteiger partial charge in [0.05, 0.1) is 0 Å². The highest BCUT2D eigenvalue weighted by Gasteiger charge is 1.98. The predicted molar refractivity (Wildman–Crippen MR) is 64.0 cm³/mol. The molecule has 0 saturated carbocycles. The number of hydrogen-bond acceptors (Lipinski definition) is 1. The van der Waals surface area contributed by atoms with Gasteiger partial charge in [-0.15, -0.1) is 6.42 Å². The van der Waals surface area contributed by atoms with Crippen LogP contribution >= 0.6 is 0 Å². The molecule has 0 aromatic rings. The monoisotopic (exact) mass is 189 g/mol. The zero-order chi connectivity index (χ0) is 10.8. The third-order valence-corrected chi connectivity index (χ3v) is 1.85. The van der Waals surface area contributed by atoms with Gasteiger partial charge in [-0.1, -0.05) is 31.1 Å². The van der Waals surface area contributed by atoms with Gasteiger partial charge < -0.3 is 5.32 Å². The van der Waals surface area contributed by atoms with E-state index in [1.807, 2.05) is 26.0 Å². The van der Waals surface area contributed by atoms with Crippen molar-refractivity contribution >= 4 is 0 Å². The van der Waals surface area contributed by atoms with Crippen LogP contribution in [0.1, 0.15) is 20.8 Å². The molecule has 1 nitrogen and oxygen atoms in total. The fraction of sp³-hybridized carbons (Fsp3) is 0.385. The fourth-order valence-electron chi connectivity index (χ4n) is 1.16. The normalized spacial score (nSPS) is 13.3. The van der Waals surface area contributed by atoms with Crippen molar-refractivity contribution in [2.75, 3.05) is 13.1 Å². The highest BCUT2D eigenvalue weighted by Crippen LogP contribution is 2.10. The molecule has 0 bridgehead atoms. The van der Waals surface area contributed by atoms with E-state index in [1.54, 1.807) is 0 Å². The third kappa shape index (κ3) is 4.69. The Hall–Kier alpha value is -1.26. The lowest BCUT2D eigenvalue weighted by molar-refractivity contribution is 0.781. The molecule has 14 heavy (non-hydrogen) atoms. The maximum atomic E-state index is 5.28. The number of allylic oxidation sites excluding steroid dienone is 4. The van der Waals surface area contributed by atoms with Crippen molar-refractivity contribution in [1.29, 1.82) is 0 Å². The molecule has 0 aliphatic rings. The topological polar surface area (TPSA) is 12.0 Å². The van der Waals surface area contributed by atoms with E-state index in [-0.39, 0.29) is 0 Å². The van der Waals surface area contributed by atoms with E-state index in [4.69, 9.17) is 6.42 Å². The van der Waals surface area contributed by atoms with Crippen LogP contribution in [0.4, 0.5) is 0 Å². The zero-order valence-corrected chi connectivity index (χ0v) is 9.30. The Labute approximate surface area is 87.6 Å². The summed E-state index contributed by atoms with van der Waals surface area (Å²) < 4.78 is 0. The van der Waals surface area contributed by atoms with Gasteiger partial charge in [0, 0.05) is 6.54 Å². The summed E-state index contributed by atoms with van der Waals surface area (Å²) in [4.78, 5) is 0. The Bertz CT molecular complexity index is 274. The second-order valence-electron chi connectivity index (χ2n) is 2.86. The van der Waals surface area contributed by atoms with Crippen LogP contribution in [0, 0.1) is 12.3 Å². The van der Waals surface area contributed by atoms with Crippen LogP contribution in [0.2, 0.25) is 0 Å². The Morgan fingerprint density at radius 2 is 2.14 bits per heavy atom. The number of nitrogens with one attached hydrogen (secondary N) is 1. The number of likely N-dealkylation sites (N-methyl/N-ethyl adjacent to an activating group) is 1. The van der Waals surface area contributed by atoms with E-state index in [9.17, 15) is 0 Å². The Morgan fingerprint density at radius 1 is 1.43 bits per heavy atom. The van der Waals surface area contributed by atoms with Crippen molar-refractivity contribution < 1.29 is 0 Å². The van der Waals surface area contributed by atoms with Gasteiger partial charge in [0.2, 0.25) is 0 Å². The van der Waals surface area contributed by atoms with Crippen LogP contribution in [0.15, 0.2) is 35.5 Å². The van der Waals surface area contributed by atoms with Crippen molar-refractivity contribution in [2.24, 2.45) is 0 Å². The van der Waals surface area contributed by atoms with E-state index in [0.717, 1.165) is 18.7 Å². The van der Waals surface area contributed by atoms with Crippen LogP contribution < -0.4 is 5.32 Å². The van der Waals surface area contributed by atoms with Crippen LogP contribution in [0.3, 0.4) is 0 Å². The number of terminal acetylenes is 1. The number of hydrogen-bond donors (Lipinski definition) is 1. The first kappa shape index (κ1) is 12.7. The maximum absolute atomic E-state index is 5.28. The minimum Gasteiger partial charge on any atom is -0.313 e. The molecule has 0 aromatic carbocycles. The highest BCUT2D eigenvalue weighted by atomic mass is 14.8. The van der Waals surface area contributed by atoms with Crippen molar-refractivity contribution in [3.05, 3.63) is 35.5 Å². The Kier molecular flexibility index (Phi) is 7.59. The second-order valence-corrected chi connectivity index (χ2v) is 2.86. The SMILES string of the molecule is C#C\C=C(CNCC)/C(/C=C\C)=C\C. The van der Waals surface area contributed by atoms with E-state index in [0.29, 0.717) is 0 Å². The first-order valence-corrected chi connectivity index (χ1v) is 4.95. The third-order valence-electron chi connectivity index (χ3n) is 1.85. The predicted octanol–water partition coefficient (Wildman–Crippen LogP) is 2.68. The summed E-state index contributed by atoms with van der Waals surface area (Å²) in [6.07, 6.45) is 13.3. The van der Waals surface area contributed by atoms with E-state index in [2.05, 4.69) is 30.3 Å². The molecular weight excluding hydrogens is 170 g/mol. The molecule has 0 atom stereocenters. The van der Waals surface area contributed by atoms with Crippen LogP contribution in [-0.2, 0) is 0 Å². The summed E-state index contributed by atoms with van der Waals surface area (Å²) >= 11 is 0. The van der Waals surface area contributed by atoms with Crippen LogP contribution in [0.25, 0.3) is 0 Å². The first-order valence-electron chi connectivity index (χ1n) is 4.95. The molecule has 0 heterocycles. The molecule has 1 N–H and O–H groups in total. The van der Waals surface area contributed by atoms with Crippen molar-refractivity contribution in [3.63, 3.8) is 0 Å². The molecule has 1 heteroatoms. The minimum absolute atomic E-state index is 0.824. The molecule has 0 amide bonds. The van der Waals surface area contributed by atoms with Gasteiger partial charge in [0.15, 0.2) is 0 Å². The van der Waals surface area contributed by atoms with Gasteiger partial charge in [-0.2, -0.15) is 0 Å². The quantitative estimate of drug-likeness (QED) is 0.518. The molecule has 0 rings (SSSR count). The largest absolute Gasteiger partial charge is 0.313 e. The molecule has 0 aliphatic carbocycles. The lowest BCUT2D eigenvalue weighted by atomic mass is 10.1. The summed E-state index contributed by atoms with van der Waals surface area (Å²) in [5.74, 6) is 2.57. The molecule has 0 aliphatic heterocycles. The van der Waals surface area contributed by atoms with E-state index in [1.165, 1.54) is 5.57 Å². The Morgan fingerprint density at radius 3 is 2.57 bits per heavy atom. The minimum atomic E-state index is 0.824. The zero-order valence-electron chi connectivity index (χ0n) is 9.30. The fourth-order valence-corrected chi connectivity index (χ4v) is 1.16. The van der Waals surface area contributed by atoms with Gasteiger partial charge in [-0.3, -0.25) is 0 Å². The molecule has 0 spiro atoms. The molecular formula is C13H19N. The molecule has 0 fully saturated rings. The molecule has 0 aromatic heterocycles. The Balaban J connectivity index is 4.65. The van der Waals surface area contributed by atoms with E-state index < -0.39 is 0 Å². The van der Waals surface area contributed by atoms with Crippen molar-refractivity contribution in [1.82, 2.24) is 5.32 Å². The number of rotatable bonds is 5. The lowest BCUT2D eigenvalue weighted by Crippen LogP contribution is -2.16. The smallest absolute Gasteiger partial charge is 0.0217 e. The average Bonchev–Trinajstić information content (AvgIpc) is 2.21. The van der Waals surface area contributed by atoms with Crippen molar-refractivity contribution in [2.45, 2.75) is 20.8 Å². The lowest BCUT2D eigenvalue weighted by Gasteiger charge is -2.07. The van der Waals surface area contributed by atoms with Crippen LogP contribution in [0.5, 0.6) is 0 Å². The summed E-state index contributed by atoms with van der Waals surface area (Å²) in [6.45, 7) is 7.88. The molecule has 0 saturated heterocycles. The van der Waals surface area contributed by atoms with Crippen LogP contribution in [-0.4, -0.2) is 13.1 Å². The molecule has 0 radical (unpaired) electrons. The molecule has 76 valence electrons.